The number of nitrogens with one attached hydrogen (secondary N) is 3. The zero-order valence-electron chi connectivity index (χ0n) is 16.2. The molecule has 29 heavy (non-hydrogen) atoms. The number of hydrogen-bond donors (Lipinski definition) is 7. The lowest BCUT2D eigenvalue weighted by Crippen LogP contribution is -2.63. The third kappa shape index (κ3) is 6.41. The zero-order valence-corrected chi connectivity index (χ0v) is 16.2. The average molecular weight is 408 g/mol. The summed E-state index contributed by atoms with van der Waals surface area (Å²) in [6.07, 6.45) is -3.02. The van der Waals surface area contributed by atoms with Gasteiger partial charge in [0, 0.05) is 31.5 Å². The highest BCUT2D eigenvalue weighted by Crippen LogP contribution is 2.29. The van der Waals surface area contributed by atoms with Crippen LogP contribution in [0.1, 0.15) is 31.2 Å². The maximum Gasteiger partial charge on any atom is 0.319 e. The number of carbonyl (C=O) groups is 3. The molecule has 0 aliphatic heterocycles. The highest BCUT2D eigenvalue weighted by Gasteiger charge is 2.49. The Morgan fingerprint density at radius 1 is 1.17 bits per heavy atom. The standard InChI is InChI=1S/C19H28N4O6/c1-11-4-6-12(7-5-11)22-18(28)23-13-9-19(29,10-14(24)16(13)26)17(27)21-8-2-3-15(20)25/h4-7,13-14,16,24,26,29H,2-3,8-10H2,1H3,(H2,20,25)(H,21,27)(H2,22,23,28)/t13-,14-,16-,19+/m1/s1. The molecule has 0 aromatic heterocycles. The van der Waals surface area contributed by atoms with Crippen molar-refractivity contribution in [1.29, 1.82) is 0 Å². The Labute approximate surface area is 168 Å². The molecule has 1 saturated carbocycles. The number of aliphatic hydroxyl groups excluding tert-OH is 2. The summed E-state index contributed by atoms with van der Waals surface area (Å²) in [5.41, 5.74) is 4.60. The molecule has 1 fully saturated rings. The number of nitrogens with two attached hydrogens (primary N) is 1. The molecule has 1 aliphatic carbocycles. The fraction of sp³-hybridized carbons (Fsp3) is 0.526. The number of anilines is 1. The van der Waals surface area contributed by atoms with Crippen LogP contribution in [0.5, 0.6) is 0 Å². The first kappa shape index (κ1) is 22.6. The number of urea groups is 1. The summed E-state index contributed by atoms with van der Waals surface area (Å²) in [6, 6.07) is 5.35. The van der Waals surface area contributed by atoms with Crippen molar-refractivity contribution in [1.82, 2.24) is 10.6 Å². The van der Waals surface area contributed by atoms with E-state index in [-0.39, 0.29) is 25.8 Å². The van der Waals surface area contributed by atoms with Crippen LogP contribution < -0.4 is 21.7 Å². The number of hydrogen-bond acceptors (Lipinski definition) is 6. The number of rotatable bonds is 7. The summed E-state index contributed by atoms with van der Waals surface area (Å²) in [4.78, 5) is 35.3. The van der Waals surface area contributed by atoms with Crippen LogP contribution in [0.2, 0.25) is 0 Å². The zero-order chi connectivity index (χ0) is 21.6. The van der Waals surface area contributed by atoms with Gasteiger partial charge in [-0.25, -0.2) is 4.79 Å². The number of amides is 4. The van der Waals surface area contributed by atoms with E-state index < -0.39 is 41.7 Å². The molecule has 4 atom stereocenters. The minimum Gasteiger partial charge on any atom is -0.390 e. The third-order valence-electron chi connectivity index (χ3n) is 4.84. The minimum absolute atomic E-state index is 0.0867. The molecular formula is C19H28N4O6. The van der Waals surface area contributed by atoms with E-state index in [4.69, 9.17) is 5.73 Å². The first-order valence-electron chi connectivity index (χ1n) is 9.40. The Balaban J connectivity index is 1.96. The number of carbonyl (C=O) groups excluding carboxylic acids is 3. The van der Waals surface area contributed by atoms with Crippen molar-refractivity contribution in [2.45, 2.75) is 56.5 Å². The summed E-state index contributed by atoms with van der Waals surface area (Å²) in [7, 11) is 0. The van der Waals surface area contributed by atoms with E-state index in [9.17, 15) is 29.7 Å². The molecule has 4 amide bonds. The highest BCUT2D eigenvalue weighted by molar-refractivity contribution is 5.90. The lowest BCUT2D eigenvalue weighted by Gasteiger charge is -2.41. The molecule has 0 bridgehead atoms. The average Bonchev–Trinajstić information content (AvgIpc) is 2.64. The predicted octanol–water partition coefficient (Wildman–Crippen LogP) is -0.886. The van der Waals surface area contributed by atoms with Crippen LogP contribution in [0.3, 0.4) is 0 Å². The van der Waals surface area contributed by atoms with Gasteiger partial charge in [0.25, 0.3) is 5.91 Å². The van der Waals surface area contributed by atoms with Gasteiger partial charge in [0.1, 0.15) is 11.7 Å². The van der Waals surface area contributed by atoms with Crippen LogP contribution in [0.15, 0.2) is 24.3 Å². The van der Waals surface area contributed by atoms with Gasteiger partial charge in [-0.3, -0.25) is 9.59 Å². The van der Waals surface area contributed by atoms with Gasteiger partial charge in [0.15, 0.2) is 0 Å². The quantitative estimate of drug-likeness (QED) is 0.288. The van der Waals surface area contributed by atoms with Gasteiger partial charge in [-0.2, -0.15) is 0 Å². The second-order valence-corrected chi connectivity index (χ2v) is 7.39. The Kier molecular flexibility index (Phi) is 7.54. The Morgan fingerprint density at radius 3 is 2.45 bits per heavy atom. The summed E-state index contributed by atoms with van der Waals surface area (Å²) in [5.74, 6) is -1.25. The Bertz CT molecular complexity index is 741. The van der Waals surface area contributed by atoms with Crippen LogP contribution >= 0.6 is 0 Å². The minimum atomic E-state index is -1.98. The first-order chi connectivity index (χ1) is 13.6. The Hall–Kier alpha value is -2.69. The van der Waals surface area contributed by atoms with Crippen molar-refractivity contribution >= 4 is 23.5 Å². The van der Waals surface area contributed by atoms with Crippen molar-refractivity contribution in [2.24, 2.45) is 5.73 Å². The molecule has 0 unspecified atom stereocenters. The van der Waals surface area contributed by atoms with Crippen LogP contribution in [-0.4, -0.2) is 63.6 Å². The van der Waals surface area contributed by atoms with E-state index in [1.165, 1.54) is 0 Å². The largest absolute Gasteiger partial charge is 0.390 e. The first-order valence-corrected chi connectivity index (χ1v) is 9.40. The molecule has 10 heteroatoms. The SMILES string of the molecule is Cc1ccc(NC(=O)N[C@@H]2C[C@@](O)(C(=O)NCCCC(N)=O)C[C@@H](O)[C@@H]2O)cc1. The second kappa shape index (κ2) is 9.68. The monoisotopic (exact) mass is 408 g/mol. The fourth-order valence-corrected chi connectivity index (χ4v) is 3.23. The van der Waals surface area contributed by atoms with Gasteiger partial charge in [-0.1, -0.05) is 17.7 Å². The van der Waals surface area contributed by atoms with E-state index >= 15 is 0 Å². The molecule has 0 saturated heterocycles. The predicted molar refractivity (Wildman–Crippen MR) is 105 cm³/mol. The van der Waals surface area contributed by atoms with Gasteiger partial charge >= 0.3 is 6.03 Å². The number of benzene rings is 1. The lowest BCUT2D eigenvalue weighted by atomic mass is 9.77. The third-order valence-corrected chi connectivity index (χ3v) is 4.84. The van der Waals surface area contributed by atoms with Crippen molar-refractivity contribution in [2.75, 3.05) is 11.9 Å². The van der Waals surface area contributed by atoms with Crippen LogP contribution in [0.4, 0.5) is 10.5 Å². The second-order valence-electron chi connectivity index (χ2n) is 7.39. The maximum absolute atomic E-state index is 12.4. The Morgan fingerprint density at radius 2 is 1.83 bits per heavy atom. The topological polar surface area (TPSA) is 174 Å². The maximum atomic E-state index is 12.4. The highest BCUT2D eigenvalue weighted by atomic mass is 16.3. The normalized spacial score (nSPS) is 26.4. The van der Waals surface area contributed by atoms with Crippen molar-refractivity contribution in [3.8, 4) is 0 Å². The lowest BCUT2D eigenvalue weighted by molar-refractivity contribution is -0.157. The summed E-state index contributed by atoms with van der Waals surface area (Å²) >= 11 is 0. The number of aryl methyl sites for hydroxylation is 1. The summed E-state index contributed by atoms with van der Waals surface area (Å²) in [6.45, 7) is 2.03. The van der Waals surface area contributed by atoms with Gasteiger partial charge in [0.05, 0.1) is 12.1 Å². The molecular weight excluding hydrogens is 380 g/mol. The van der Waals surface area contributed by atoms with E-state index in [2.05, 4.69) is 16.0 Å². The van der Waals surface area contributed by atoms with Crippen molar-refractivity contribution in [3.63, 3.8) is 0 Å². The molecule has 0 radical (unpaired) electrons. The van der Waals surface area contributed by atoms with Crippen molar-refractivity contribution in [3.05, 3.63) is 29.8 Å². The van der Waals surface area contributed by atoms with E-state index in [1.54, 1.807) is 12.1 Å². The smallest absolute Gasteiger partial charge is 0.319 e. The summed E-state index contributed by atoms with van der Waals surface area (Å²) < 4.78 is 0. The van der Waals surface area contributed by atoms with Gasteiger partial charge in [0.2, 0.25) is 5.91 Å². The number of aliphatic hydroxyl groups is 3. The van der Waals surface area contributed by atoms with E-state index in [0.717, 1.165) is 5.56 Å². The molecule has 1 aliphatic rings. The fourth-order valence-electron chi connectivity index (χ4n) is 3.23. The molecule has 1 aromatic carbocycles. The molecule has 8 N–H and O–H groups in total. The van der Waals surface area contributed by atoms with E-state index in [0.29, 0.717) is 12.1 Å². The number of primary amides is 1. The molecule has 10 nitrogen and oxygen atoms in total. The van der Waals surface area contributed by atoms with Crippen LogP contribution in [0.25, 0.3) is 0 Å². The van der Waals surface area contributed by atoms with Gasteiger partial charge in [-0.05, 0) is 25.5 Å². The van der Waals surface area contributed by atoms with Crippen molar-refractivity contribution < 1.29 is 29.7 Å². The molecule has 1 aromatic rings. The van der Waals surface area contributed by atoms with E-state index in [1.807, 2.05) is 19.1 Å². The molecule has 0 heterocycles. The summed E-state index contributed by atoms with van der Waals surface area (Å²) in [5, 5.41) is 38.5. The van der Waals surface area contributed by atoms with Crippen LogP contribution in [0, 0.1) is 6.92 Å². The van der Waals surface area contributed by atoms with Gasteiger partial charge < -0.3 is 37.0 Å². The van der Waals surface area contributed by atoms with Crippen LogP contribution in [-0.2, 0) is 9.59 Å². The van der Waals surface area contributed by atoms with Gasteiger partial charge in [-0.15, -0.1) is 0 Å². The molecule has 2 rings (SSSR count). The molecule has 160 valence electrons. The molecule has 0 spiro atoms.